The Morgan fingerprint density at radius 2 is 1.72 bits per heavy atom. The number of rotatable bonds is 3. The van der Waals surface area contributed by atoms with Crippen LogP contribution in [0.25, 0.3) is 11.3 Å². The molecule has 4 heterocycles. The van der Waals surface area contributed by atoms with Crippen molar-refractivity contribution in [3.05, 3.63) is 18.0 Å². The standard InChI is InChI=1S/C17H20F4N8/c18-9-7-29(8-9)13-5-12(11-6-24-15(23)27-14(11)17(19,20)21)25-16(26-13)28-3-1-10(22)2-4-28/h5-6,9-10H,1-4,7-8,22H2,(H2,23,24,27). The van der Waals surface area contributed by atoms with Crippen LogP contribution in [0, 0.1) is 0 Å². The number of nitrogen functional groups attached to an aromatic ring is 1. The molecule has 2 aromatic rings. The highest BCUT2D eigenvalue weighted by atomic mass is 19.4. The Labute approximate surface area is 164 Å². The Morgan fingerprint density at radius 1 is 1.03 bits per heavy atom. The van der Waals surface area contributed by atoms with E-state index in [9.17, 15) is 17.6 Å². The van der Waals surface area contributed by atoms with Crippen LogP contribution in [0.3, 0.4) is 0 Å². The van der Waals surface area contributed by atoms with E-state index in [2.05, 4.69) is 19.9 Å². The fourth-order valence-electron chi connectivity index (χ4n) is 3.37. The summed E-state index contributed by atoms with van der Waals surface area (Å²) >= 11 is 0. The van der Waals surface area contributed by atoms with E-state index in [-0.39, 0.29) is 36.3 Å². The van der Waals surface area contributed by atoms with Gasteiger partial charge in [-0.25, -0.2) is 19.3 Å². The van der Waals surface area contributed by atoms with Gasteiger partial charge in [-0.05, 0) is 12.8 Å². The van der Waals surface area contributed by atoms with Crippen molar-refractivity contribution < 1.29 is 17.6 Å². The van der Waals surface area contributed by atoms with Crippen LogP contribution in [0.4, 0.5) is 35.3 Å². The molecule has 0 aliphatic carbocycles. The van der Waals surface area contributed by atoms with E-state index in [1.165, 1.54) is 6.07 Å². The van der Waals surface area contributed by atoms with Gasteiger partial charge in [-0.3, -0.25) is 0 Å². The van der Waals surface area contributed by atoms with Crippen LogP contribution < -0.4 is 21.3 Å². The predicted octanol–water partition coefficient (Wildman–Crippen LogP) is 1.62. The third-order valence-corrected chi connectivity index (χ3v) is 5.04. The molecule has 8 nitrogen and oxygen atoms in total. The first-order chi connectivity index (χ1) is 13.7. The van der Waals surface area contributed by atoms with Crippen LogP contribution in [0.5, 0.6) is 0 Å². The van der Waals surface area contributed by atoms with Crippen LogP contribution >= 0.6 is 0 Å². The molecule has 0 atom stereocenters. The number of nitrogens with two attached hydrogens (primary N) is 2. The van der Waals surface area contributed by atoms with E-state index in [4.69, 9.17) is 11.5 Å². The first kappa shape index (κ1) is 19.6. The predicted molar refractivity (Wildman–Crippen MR) is 99.0 cm³/mol. The summed E-state index contributed by atoms with van der Waals surface area (Å²) in [6.45, 7) is 1.43. The molecule has 2 aromatic heterocycles. The zero-order chi connectivity index (χ0) is 20.8. The molecule has 0 amide bonds. The summed E-state index contributed by atoms with van der Waals surface area (Å²) in [4.78, 5) is 19.4. The summed E-state index contributed by atoms with van der Waals surface area (Å²) in [5.41, 5.74) is 9.83. The molecule has 2 fully saturated rings. The van der Waals surface area contributed by atoms with Gasteiger partial charge in [-0.1, -0.05) is 0 Å². The summed E-state index contributed by atoms with van der Waals surface area (Å²) in [7, 11) is 0. The fourth-order valence-corrected chi connectivity index (χ4v) is 3.37. The third-order valence-electron chi connectivity index (χ3n) is 5.04. The number of hydrogen-bond donors (Lipinski definition) is 2. The topological polar surface area (TPSA) is 110 Å². The van der Waals surface area contributed by atoms with Crippen molar-refractivity contribution in [1.82, 2.24) is 19.9 Å². The monoisotopic (exact) mass is 412 g/mol. The lowest BCUT2D eigenvalue weighted by atomic mass is 10.1. The van der Waals surface area contributed by atoms with Crippen molar-refractivity contribution in [1.29, 1.82) is 0 Å². The van der Waals surface area contributed by atoms with E-state index in [0.29, 0.717) is 18.9 Å². The molecular weight excluding hydrogens is 392 g/mol. The molecule has 2 aliphatic heterocycles. The number of alkyl halides is 4. The first-order valence-corrected chi connectivity index (χ1v) is 9.19. The minimum atomic E-state index is -4.74. The van der Waals surface area contributed by atoms with E-state index in [0.717, 1.165) is 19.0 Å². The van der Waals surface area contributed by atoms with Crippen LogP contribution in [0.1, 0.15) is 18.5 Å². The molecule has 29 heavy (non-hydrogen) atoms. The zero-order valence-electron chi connectivity index (χ0n) is 15.4. The van der Waals surface area contributed by atoms with Crippen LogP contribution in [-0.4, -0.2) is 58.3 Å². The number of aromatic nitrogens is 4. The maximum absolute atomic E-state index is 13.5. The molecule has 156 valence electrons. The lowest BCUT2D eigenvalue weighted by Gasteiger charge is -2.36. The summed E-state index contributed by atoms with van der Waals surface area (Å²) < 4.78 is 53.9. The van der Waals surface area contributed by atoms with Gasteiger partial charge >= 0.3 is 6.18 Å². The minimum Gasteiger partial charge on any atom is -0.368 e. The van der Waals surface area contributed by atoms with E-state index in [1.54, 1.807) is 4.90 Å². The van der Waals surface area contributed by atoms with Crippen LogP contribution in [0.15, 0.2) is 12.3 Å². The Hall–Kier alpha value is -2.76. The average Bonchev–Trinajstić information content (AvgIpc) is 2.65. The lowest BCUT2D eigenvalue weighted by Crippen LogP contribution is -2.49. The minimum absolute atomic E-state index is 0.00880. The maximum Gasteiger partial charge on any atom is 0.434 e. The molecule has 12 heteroatoms. The highest BCUT2D eigenvalue weighted by molar-refractivity contribution is 5.68. The Balaban J connectivity index is 1.79. The smallest absolute Gasteiger partial charge is 0.368 e. The van der Waals surface area contributed by atoms with Gasteiger partial charge in [0.1, 0.15) is 12.0 Å². The first-order valence-electron chi connectivity index (χ1n) is 9.19. The van der Waals surface area contributed by atoms with Gasteiger partial charge in [0.15, 0.2) is 5.69 Å². The normalized spacial score (nSPS) is 18.8. The SMILES string of the molecule is Nc1ncc(-c2cc(N3CC(F)C3)nc(N3CCC(N)CC3)n2)c(C(F)(F)F)n1. The summed E-state index contributed by atoms with van der Waals surface area (Å²) in [6, 6.07) is 1.47. The van der Waals surface area contributed by atoms with Crippen LogP contribution in [0.2, 0.25) is 0 Å². The quantitative estimate of drug-likeness (QED) is 0.732. The van der Waals surface area contributed by atoms with Crippen molar-refractivity contribution in [2.24, 2.45) is 5.73 Å². The van der Waals surface area contributed by atoms with Gasteiger partial charge in [0, 0.05) is 37.0 Å². The molecule has 0 radical (unpaired) electrons. The van der Waals surface area contributed by atoms with Gasteiger partial charge in [-0.15, -0.1) is 0 Å². The molecule has 2 saturated heterocycles. The van der Waals surface area contributed by atoms with Crippen molar-refractivity contribution >= 4 is 17.7 Å². The molecule has 0 spiro atoms. The van der Waals surface area contributed by atoms with Crippen molar-refractivity contribution in [3.63, 3.8) is 0 Å². The summed E-state index contributed by atoms with van der Waals surface area (Å²) in [5, 5.41) is 0. The number of nitrogens with zero attached hydrogens (tertiary/aromatic N) is 6. The Bertz CT molecular complexity index is 891. The molecule has 4 rings (SSSR count). The average molecular weight is 412 g/mol. The highest BCUT2D eigenvalue weighted by Crippen LogP contribution is 2.37. The second-order valence-corrected chi connectivity index (χ2v) is 7.23. The third kappa shape index (κ3) is 4.02. The van der Waals surface area contributed by atoms with Crippen molar-refractivity contribution in [3.8, 4) is 11.3 Å². The molecule has 0 unspecified atom stereocenters. The number of halogens is 4. The van der Waals surface area contributed by atoms with E-state index in [1.807, 2.05) is 4.90 Å². The van der Waals surface area contributed by atoms with Gasteiger partial charge in [0.25, 0.3) is 0 Å². The largest absolute Gasteiger partial charge is 0.434 e. The molecule has 0 bridgehead atoms. The van der Waals surface area contributed by atoms with Crippen molar-refractivity contribution in [2.45, 2.75) is 31.2 Å². The molecule has 0 aromatic carbocycles. The van der Waals surface area contributed by atoms with E-state index < -0.39 is 24.0 Å². The summed E-state index contributed by atoms with van der Waals surface area (Å²) in [6.07, 6.45) is -3.29. The van der Waals surface area contributed by atoms with Crippen molar-refractivity contribution in [2.75, 3.05) is 41.7 Å². The Kier molecular flexibility index (Phi) is 4.89. The Morgan fingerprint density at radius 3 is 2.34 bits per heavy atom. The second kappa shape index (κ2) is 7.25. The van der Waals surface area contributed by atoms with Crippen LogP contribution in [-0.2, 0) is 6.18 Å². The number of piperidine rings is 1. The zero-order valence-corrected chi connectivity index (χ0v) is 15.4. The van der Waals surface area contributed by atoms with Gasteiger partial charge in [0.2, 0.25) is 11.9 Å². The van der Waals surface area contributed by atoms with Gasteiger partial charge < -0.3 is 21.3 Å². The number of anilines is 3. The molecule has 2 aliphatic rings. The summed E-state index contributed by atoms with van der Waals surface area (Å²) in [5.74, 6) is 0.152. The van der Waals surface area contributed by atoms with E-state index >= 15 is 0 Å². The van der Waals surface area contributed by atoms with Gasteiger partial charge in [0.05, 0.1) is 18.8 Å². The highest BCUT2D eigenvalue weighted by Gasteiger charge is 2.37. The maximum atomic E-state index is 13.5. The number of hydrogen-bond acceptors (Lipinski definition) is 8. The fraction of sp³-hybridized carbons (Fsp3) is 0.529. The lowest BCUT2D eigenvalue weighted by molar-refractivity contribution is -0.140. The van der Waals surface area contributed by atoms with Gasteiger partial charge in [-0.2, -0.15) is 18.2 Å². The second-order valence-electron chi connectivity index (χ2n) is 7.23. The molecule has 4 N–H and O–H groups in total. The molecule has 0 saturated carbocycles. The molecular formula is C17H20F4N8.